The number of halogens is 1. The molecule has 1 saturated heterocycles. The van der Waals surface area contributed by atoms with Crippen LogP contribution in [0.25, 0.3) is 0 Å². The summed E-state index contributed by atoms with van der Waals surface area (Å²) >= 11 is 9.31. The Kier molecular flexibility index (Phi) is 8.35. The number of aromatic amines is 1. The molecule has 0 radical (unpaired) electrons. The van der Waals surface area contributed by atoms with Crippen LogP contribution in [0.15, 0.2) is 76.6 Å². The van der Waals surface area contributed by atoms with Crippen molar-refractivity contribution in [1.29, 1.82) is 0 Å². The van der Waals surface area contributed by atoms with E-state index >= 15 is 0 Å². The van der Waals surface area contributed by atoms with Gasteiger partial charge in [-0.15, -0.1) is 11.8 Å². The number of H-pyrrole nitrogens is 1. The molecule has 256 valence electrons. The fourth-order valence-corrected chi connectivity index (χ4v) is 11.5. The predicted molar refractivity (Wildman–Crippen MR) is 190 cm³/mol. The van der Waals surface area contributed by atoms with E-state index in [4.69, 9.17) is 21.1 Å². The van der Waals surface area contributed by atoms with Gasteiger partial charge in [-0.3, -0.25) is 24.1 Å². The summed E-state index contributed by atoms with van der Waals surface area (Å²) in [5.41, 5.74) is 3.23. The summed E-state index contributed by atoms with van der Waals surface area (Å²) < 4.78 is 11.3. The van der Waals surface area contributed by atoms with E-state index in [1.54, 1.807) is 55.1 Å². The second kappa shape index (κ2) is 12.7. The lowest BCUT2D eigenvalue weighted by Gasteiger charge is -2.43. The molecule has 2 N–H and O–H groups in total. The minimum atomic E-state index is -0.525. The number of fused-ring (bicyclic) bond motifs is 9. The van der Waals surface area contributed by atoms with Crippen LogP contribution < -0.4 is 19.8 Å². The fourth-order valence-electron chi connectivity index (χ4n) is 8.45. The van der Waals surface area contributed by atoms with Crippen LogP contribution in [-0.2, 0) is 19.1 Å². The van der Waals surface area contributed by atoms with Gasteiger partial charge >= 0.3 is 10.8 Å². The van der Waals surface area contributed by atoms with Crippen LogP contribution in [-0.4, -0.2) is 47.1 Å². The summed E-state index contributed by atoms with van der Waals surface area (Å²) in [6.07, 6.45) is 0.705. The average Bonchev–Trinajstić information content (AvgIpc) is 3.84. The highest BCUT2D eigenvalue weighted by Gasteiger charge is 2.70. The Bertz CT molecular complexity index is 2100. The van der Waals surface area contributed by atoms with Crippen LogP contribution >= 0.6 is 34.7 Å². The van der Waals surface area contributed by atoms with Gasteiger partial charge in [0.1, 0.15) is 5.75 Å². The molecular weight excluding hydrogens is 698 g/mol. The van der Waals surface area contributed by atoms with E-state index in [0.717, 1.165) is 32.4 Å². The SMILES string of the molecule is CCOC(=O)c1ccc(N2C(=O)[C@H]3[C@H]4C[C@@H]([C@@H]3C2=O)[C@@H]2[C@H](c3cc(Cl)ccc3OCC(=O)Nc3ccc(C)cc3)c3sc(=O)[nH]c3S[C@H]42)cc1. The molecule has 2 bridgehead atoms. The van der Waals surface area contributed by atoms with E-state index in [0.29, 0.717) is 34.1 Å². The zero-order valence-corrected chi connectivity index (χ0v) is 29.4. The summed E-state index contributed by atoms with van der Waals surface area (Å²) in [5, 5.41) is 4.03. The lowest BCUT2D eigenvalue weighted by molar-refractivity contribution is -0.123. The van der Waals surface area contributed by atoms with Crippen LogP contribution in [0.1, 0.15) is 45.6 Å². The Balaban J connectivity index is 1.11. The molecule has 3 aromatic carbocycles. The minimum Gasteiger partial charge on any atom is -0.483 e. The molecular formula is C37H32ClN3O7S2. The van der Waals surface area contributed by atoms with Gasteiger partial charge in [-0.1, -0.05) is 40.6 Å². The van der Waals surface area contributed by atoms with Gasteiger partial charge in [0.15, 0.2) is 6.61 Å². The highest BCUT2D eigenvalue weighted by Crippen LogP contribution is 2.69. The molecule has 8 rings (SSSR count). The van der Waals surface area contributed by atoms with E-state index in [2.05, 4.69) is 10.3 Å². The van der Waals surface area contributed by atoms with Gasteiger partial charge in [0.2, 0.25) is 11.8 Å². The molecule has 50 heavy (non-hydrogen) atoms. The first kappa shape index (κ1) is 32.8. The van der Waals surface area contributed by atoms with Crippen molar-refractivity contribution in [2.75, 3.05) is 23.4 Å². The van der Waals surface area contributed by atoms with Gasteiger partial charge < -0.3 is 19.8 Å². The van der Waals surface area contributed by atoms with Gasteiger partial charge in [0.25, 0.3) is 5.91 Å². The highest BCUT2D eigenvalue weighted by molar-refractivity contribution is 8.00. The topological polar surface area (TPSA) is 135 Å². The largest absolute Gasteiger partial charge is 0.483 e. The third kappa shape index (κ3) is 5.44. The van der Waals surface area contributed by atoms with E-state index in [1.165, 1.54) is 4.90 Å². The minimum absolute atomic E-state index is 0.0523. The number of carbonyl (C=O) groups excluding carboxylic acids is 4. The number of nitrogens with one attached hydrogen (secondary N) is 2. The lowest BCUT2D eigenvalue weighted by Crippen LogP contribution is -2.42. The number of nitrogens with zero attached hydrogens (tertiary/aromatic N) is 1. The van der Waals surface area contributed by atoms with Gasteiger partial charge in [0, 0.05) is 32.3 Å². The molecule has 4 aromatic rings. The normalized spacial score (nSPS) is 26.0. The number of imide groups is 1. The number of esters is 1. The van der Waals surface area contributed by atoms with Crippen LogP contribution in [0.3, 0.4) is 0 Å². The average molecular weight is 730 g/mol. The van der Waals surface area contributed by atoms with Gasteiger partial charge in [0.05, 0.1) is 34.7 Å². The van der Waals surface area contributed by atoms with Crippen LogP contribution in [0.5, 0.6) is 5.75 Å². The highest BCUT2D eigenvalue weighted by atomic mass is 35.5. The Morgan fingerprint density at radius 2 is 1.70 bits per heavy atom. The number of rotatable bonds is 8. The Hall–Kier alpha value is -4.39. The quantitative estimate of drug-likeness (QED) is 0.160. The molecule has 3 fully saturated rings. The van der Waals surface area contributed by atoms with Crippen LogP contribution in [0, 0.1) is 36.5 Å². The number of aromatic nitrogens is 1. The maximum Gasteiger partial charge on any atom is 0.338 e. The summed E-state index contributed by atoms with van der Waals surface area (Å²) in [5.74, 6) is -2.52. The molecule has 10 nitrogen and oxygen atoms in total. The number of thioether (sulfide) groups is 1. The van der Waals surface area contributed by atoms with E-state index < -0.39 is 17.8 Å². The zero-order valence-electron chi connectivity index (χ0n) is 27.0. The van der Waals surface area contributed by atoms with E-state index in [-0.39, 0.29) is 64.7 Å². The number of anilines is 2. The van der Waals surface area contributed by atoms with Crippen molar-refractivity contribution in [3.05, 3.63) is 103 Å². The van der Waals surface area contributed by atoms with Crippen molar-refractivity contribution in [2.45, 2.75) is 36.5 Å². The standard InChI is InChI=1S/C37H32ClN3O7S2/c1-3-47-36(45)18-6-11-21(12-7-18)41-34(43)29-23-15-24(30(29)35(41)44)31-28(23)27(32-33(49-31)40-37(46)50-32)22-14-19(38)8-13-25(22)48-16-26(42)39-20-9-4-17(2)5-10-20/h4-14,23-24,27-31H,3,15-16H2,1-2H3,(H,39,42)(H,40,46)/t23-,24-,27+,28-,29+,30+,31-/m1/s1. The number of thiazole rings is 1. The molecule has 1 aromatic heterocycles. The number of hydrogen-bond donors (Lipinski definition) is 2. The van der Waals surface area contributed by atoms with Crippen molar-refractivity contribution >= 4 is 69.8 Å². The first-order chi connectivity index (χ1) is 24.1. The first-order valence-corrected chi connectivity index (χ1v) is 18.5. The molecule has 2 aliphatic heterocycles. The van der Waals surface area contributed by atoms with Crippen LogP contribution in [0.2, 0.25) is 5.02 Å². The van der Waals surface area contributed by atoms with Crippen molar-refractivity contribution in [3.63, 3.8) is 0 Å². The smallest absolute Gasteiger partial charge is 0.338 e. The number of aryl methyl sites for hydroxylation is 1. The molecule has 13 heteroatoms. The third-order valence-electron chi connectivity index (χ3n) is 10.4. The third-order valence-corrected chi connectivity index (χ3v) is 13.2. The Labute approximate surface area is 300 Å². The molecule has 3 heterocycles. The molecule has 2 aliphatic carbocycles. The van der Waals surface area contributed by atoms with Gasteiger partial charge in [-0.2, -0.15) is 0 Å². The summed E-state index contributed by atoms with van der Waals surface area (Å²) in [6, 6.07) is 19.1. The second-order valence-corrected chi connectivity index (χ2v) is 15.8. The molecule has 7 atom stereocenters. The first-order valence-electron chi connectivity index (χ1n) is 16.5. The second-order valence-electron chi connectivity index (χ2n) is 13.1. The van der Waals surface area contributed by atoms with Gasteiger partial charge in [-0.25, -0.2) is 4.79 Å². The molecule has 0 unspecified atom stereocenters. The van der Waals surface area contributed by atoms with Crippen molar-refractivity contribution in [1.82, 2.24) is 4.98 Å². The van der Waals surface area contributed by atoms with Gasteiger partial charge in [-0.05, 0) is 92.6 Å². The fraction of sp³-hybridized carbons (Fsp3) is 0.324. The van der Waals surface area contributed by atoms with Crippen molar-refractivity contribution < 1.29 is 28.7 Å². The maximum atomic E-state index is 14.2. The number of hydrogen-bond acceptors (Lipinski definition) is 9. The van der Waals surface area contributed by atoms with E-state index in [1.807, 2.05) is 37.3 Å². The summed E-state index contributed by atoms with van der Waals surface area (Å²) in [4.78, 5) is 71.1. The number of amides is 3. The van der Waals surface area contributed by atoms with Crippen molar-refractivity contribution in [3.8, 4) is 5.75 Å². The monoisotopic (exact) mass is 729 g/mol. The summed E-state index contributed by atoms with van der Waals surface area (Å²) in [7, 11) is 0. The molecule has 4 aliphatic rings. The number of ether oxygens (including phenoxy) is 2. The zero-order chi connectivity index (χ0) is 34.8. The molecule has 0 spiro atoms. The molecule has 2 saturated carbocycles. The number of benzene rings is 3. The van der Waals surface area contributed by atoms with Crippen LogP contribution in [0.4, 0.5) is 11.4 Å². The van der Waals surface area contributed by atoms with E-state index in [9.17, 15) is 24.0 Å². The predicted octanol–water partition coefficient (Wildman–Crippen LogP) is 6.27. The number of carbonyl (C=O) groups is 4. The maximum absolute atomic E-state index is 14.2. The summed E-state index contributed by atoms with van der Waals surface area (Å²) in [6.45, 7) is 3.69. The Morgan fingerprint density at radius 3 is 2.42 bits per heavy atom. The van der Waals surface area contributed by atoms with Crippen molar-refractivity contribution in [2.24, 2.45) is 29.6 Å². The Morgan fingerprint density at radius 1 is 0.980 bits per heavy atom. The lowest BCUT2D eigenvalue weighted by atomic mass is 9.68. The molecule has 3 amide bonds.